The summed E-state index contributed by atoms with van der Waals surface area (Å²) in [6.07, 6.45) is -0.647. The molecular formula is C35H35N3O4. The number of benzene rings is 4. The number of carbonyl (C=O) groups excluding carboxylic acids is 2. The van der Waals surface area contributed by atoms with E-state index in [0.29, 0.717) is 18.6 Å². The van der Waals surface area contributed by atoms with Crippen LogP contribution in [0.1, 0.15) is 59.5 Å². The highest BCUT2D eigenvalue weighted by Crippen LogP contribution is 2.29. The van der Waals surface area contributed by atoms with Crippen molar-refractivity contribution in [3.63, 3.8) is 0 Å². The number of para-hydroxylation sites is 1. The summed E-state index contributed by atoms with van der Waals surface area (Å²) in [6, 6.07) is 31.3. The van der Waals surface area contributed by atoms with Gasteiger partial charge >= 0.3 is 12.0 Å². The van der Waals surface area contributed by atoms with Gasteiger partial charge in [-0.1, -0.05) is 91.0 Å². The Morgan fingerprint density at radius 2 is 1.40 bits per heavy atom. The van der Waals surface area contributed by atoms with Crippen molar-refractivity contribution in [1.29, 1.82) is 0 Å². The van der Waals surface area contributed by atoms with Gasteiger partial charge in [0, 0.05) is 19.1 Å². The molecule has 214 valence electrons. The van der Waals surface area contributed by atoms with Gasteiger partial charge < -0.3 is 9.64 Å². The van der Waals surface area contributed by atoms with Gasteiger partial charge in [0.25, 0.3) is 5.56 Å². The average Bonchev–Trinajstić information content (AvgIpc) is 3.31. The Morgan fingerprint density at radius 3 is 1.98 bits per heavy atom. The van der Waals surface area contributed by atoms with E-state index >= 15 is 0 Å². The van der Waals surface area contributed by atoms with Crippen LogP contribution >= 0.6 is 0 Å². The van der Waals surface area contributed by atoms with Gasteiger partial charge in [0.05, 0.1) is 16.5 Å². The Balaban J connectivity index is 1.57. The van der Waals surface area contributed by atoms with Crippen molar-refractivity contribution in [3.05, 3.63) is 141 Å². The molecule has 0 aliphatic carbocycles. The molecule has 0 radical (unpaired) electrons. The van der Waals surface area contributed by atoms with E-state index in [0.717, 1.165) is 26.9 Å². The van der Waals surface area contributed by atoms with E-state index in [2.05, 4.69) is 0 Å². The zero-order valence-corrected chi connectivity index (χ0v) is 24.4. The number of hydrogen-bond donors (Lipinski definition) is 0. The topological polar surface area (TPSA) is 73.5 Å². The molecule has 42 heavy (non-hydrogen) atoms. The van der Waals surface area contributed by atoms with Crippen LogP contribution < -0.4 is 5.56 Å². The van der Waals surface area contributed by atoms with Crippen molar-refractivity contribution in [2.75, 3.05) is 0 Å². The first-order valence-electron chi connectivity index (χ1n) is 14.2. The summed E-state index contributed by atoms with van der Waals surface area (Å²) >= 11 is 0. The van der Waals surface area contributed by atoms with E-state index < -0.39 is 23.7 Å². The van der Waals surface area contributed by atoms with Gasteiger partial charge in [-0.15, -0.1) is 0 Å². The number of hydrogen-bond acceptors (Lipinski definition) is 4. The fraction of sp³-hybridized carbons (Fsp3) is 0.229. The third kappa shape index (κ3) is 5.50. The van der Waals surface area contributed by atoms with Gasteiger partial charge in [-0.2, -0.15) is 4.68 Å². The van der Waals surface area contributed by atoms with E-state index in [9.17, 15) is 14.4 Å². The van der Waals surface area contributed by atoms with Crippen molar-refractivity contribution in [2.24, 2.45) is 0 Å². The lowest BCUT2D eigenvalue weighted by Crippen LogP contribution is -2.44. The molecule has 1 amide bonds. The highest BCUT2D eigenvalue weighted by Gasteiger charge is 2.29. The van der Waals surface area contributed by atoms with Gasteiger partial charge in [0.1, 0.15) is 0 Å². The lowest BCUT2D eigenvalue weighted by Gasteiger charge is -2.28. The van der Waals surface area contributed by atoms with Crippen molar-refractivity contribution in [1.82, 2.24) is 14.3 Å². The summed E-state index contributed by atoms with van der Waals surface area (Å²) in [6.45, 7) is 8.36. The molecule has 4 aromatic carbocycles. The molecule has 1 aromatic heterocycles. The summed E-state index contributed by atoms with van der Waals surface area (Å²) in [4.78, 5) is 43.4. The van der Waals surface area contributed by atoms with Crippen LogP contribution in [0.2, 0.25) is 0 Å². The minimum absolute atomic E-state index is 0.172. The van der Waals surface area contributed by atoms with Crippen LogP contribution in [0, 0.1) is 6.92 Å². The van der Waals surface area contributed by atoms with Gasteiger partial charge in [0.15, 0.2) is 6.10 Å². The quantitative estimate of drug-likeness (QED) is 0.192. The third-order valence-electron chi connectivity index (χ3n) is 7.56. The second kappa shape index (κ2) is 12.3. The molecular weight excluding hydrogens is 526 g/mol. The predicted octanol–water partition coefficient (Wildman–Crippen LogP) is 6.96. The van der Waals surface area contributed by atoms with Crippen LogP contribution in [0.4, 0.5) is 4.79 Å². The number of carbonyl (C=O) groups is 2. The molecule has 0 bridgehead atoms. The normalized spacial score (nSPS) is 11.3. The Labute approximate surface area is 245 Å². The smallest absolute Gasteiger partial charge is 0.346 e. The third-order valence-corrected chi connectivity index (χ3v) is 7.56. The zero-order valence-electron chi connectivity index (χ0n) is 24.4. The largest absolute Gasteiger partial charge is 0.449 e. The number of amides is 1. The molecule has 0 N–H and O–H groups in total. The van der Waals surface area contributed by atoms with Gasteiger partial charge in [0.2, 0.25) is 0 Å². The summed E-state index contributed by atoms with van der Waals surface area (Å²) in [7, 11) is 0. The lowest BCUT2D eigenvalue weighted by molar-refractivity contribution is 0.0379. The molecule has 0 spiro atoms. The SMILES string of the molecule is CCn1c2c(C(=O)OC(c3ccccc3)c3ccccc3)cccc2c(=O)n1C(=O)N(Cc1ccccc1C)C(C)C. The van der Waals surface area contributed by atoms with Crippen molar-refractivity contribution in [2.45, 2.75) is 52.9 Å². The Bertz CT molecular complexity index is 1730. The van der Waals surface area contributed by atoms with Gasteiger partial charge in [-0.25, -0.2) is 9.59 Å². The number of rotatable bonds is 8. The summed E-state index contributed by atoms with van der Waals surface area (Å²) in [5.74, 6) is -0.578. The monoisotopic (exact) mass is 561 g/mol. The molecule has 0 fully saturated rings. The summed E-state index contributed by atoms with van der Waals surface area (Å²) < 4.78 is 8.89. The maximum atomic E-state index is 14.1. The summed E-state index contributed by atoms with van der Waals surface area (Å²) in [5, 5.41) is 0.287. The molecule has 0 atom stereocenters. The Morgan fingerprint density at radius 1 is 0.810 bits per heavy atom. The second-order valence-corrected chi connectivity index (χ2v) is 10.6. The van der Waals surface area contributed by atoms with Crippen molar-refractivity contribution >= 4 is 22.9 Å². The van der Waals surface area contributed by atoms with E-state index in [-0.39, 0.29) is 17.0 Å². The molecule has 0 saturated heterocycles. The van der Waals surface area contributed by atoms with Gasteiger partial charge in [-0.3, -0.25) is 9.48 Å². The van der Waals surface area contributed by atoms with E-state index in [1.807, 2.05) is 113 Å². The maximum absolute atomic E-state index is 14.1. The lowest BCUT2D eigenvalue weighted by atomic mass is 10.0. The van der Waals surface area contributed by atoms with Crippen molar-refractivity contribution in [3.8, 4) is 0 Å². The van der Waals surface area contributed by atoms with E-state index in [1.54, 1.807) is 27.8 Å². The van der Waals surface area contributed by atoms with Crippen LogP contribution in [-0.4, -0.2) is 32.3 Å². The standard InChI is InChI=1S/C35H35N3O4/c1-5-37-31-29(33(39)38(37)35(41)36(24(2)3)23-28-20-13-12-15-25(28)4)21-14-22-30(31)34(40)42-32(26-16-8-6-9-17-26)27-18-10-7-11-19-27/h6-22,24,32H,5,23H2,1-4H3. The number of aryl methyl sites for hydroxylation is 2. The van der Waals surface area contributed by atoms with Crippen LogP contribution in [-0.2, 0) is 17.8 Å². The number of ether oxygens (including phenoxy) is 1. The molecule has 0 unspecified atom stereocenters. The molecule has 0 aliphatic rings. The van der Waals surface area contributed by atoms with Crippen LogP contribution in [0.3, 0.4) is 0 Å². The van der Waals surface area contributed by atoms with Crippen molar-refractivity contribution < 1.29 is 14.3 Å². The van der Waals surface area contributed by atoms with Crippen LogP contribution in [0.15, 0.2) is 108 Å². The first kappa shape index (κ1) is 28.6. The highest BCUT2D eigenvalue weighted by molar-refractivity contribution is 6.03. The number of fused-ring (bicyclic) bond motifs is 1. The van der Waals surface area contributed by atoms with Gasteiger partial charge in [-0.05, 0) is 62.1 Å². The van der Waals surface area contributed by atoms with E-state index in [1.165, 1.54) is 0 Å². The molecule has 0 aliphatic heterocycles. The number of nitrogens with zero attached hydrogens (tertiary/aromatic N) is 3. The molecule has 0 saturated carbocycles. The molecule has 5 aromatic rings. The molecule has 5 rings (SSSR count). The van der Waals surface area contributed by atoms with Crippen LogP contribution in [0.25, 0.3) is 10.9 Å². The molecule has 7 heteroatoms. The molecule has 1 heterocycles. The number of esters is 1. The molecule has 7 nitrogen and oxygen atoms in total. The Kier molecular flexibility index (Phi) is 8.38. The first-order valence-corrected chi connectivity index (χ1v) is 14.2. The average molecular weight is 562 g/mol. The predicted molar refractivity (Wildman–Crippen MR) is 165 cm³/mol. The van der Waals surface area contributed by atoms with Crippen LogP contribution in [0.5, 0.6) is 0 Å². The first-order chi connectivity index (χ1) is 20.3. The second-order valence-electron chi connectivity index (χ2n) is 10.6. The fourth-order valence-electron chi connectivity index (χ4n) is 5.29. The zero-order chi connectivity index (χ0) is 29.8. The summed E-state index contributed by atoms with van der Waals surface area (Å²) in [5.41, 5.74) is 3.86. The Hall–Kier alpha value is -4.91. The highest BCUT2D eigenvalue weighted by atomic mass is 16.5. The fourth-order valence-corrected chi connectivity index (χ4v) is 5.29. The van der Waals surface area contributed by atoms with E-state index in [4.69, 9.17) is 4.74 Å². The number of aromatic nitrogens is 2. The minimum atomic E-state index is -0.647. The maximum Gasteiger partial charge on any atom is 0.346 e. The minimum Gasteiger partial charge on any atom is -0.449 e.